The summed E-state index contributed by atoms with van der Waals surface area (Å²) in [5.41, 5.74) is -0.518. The molecule has 1 saturated heterocycles. The van der Waals surface area contributed by atoms with Crippen LogP contribution >= 0.6 is 0 Å². The quantitative estimate of drug-likeness (QED) is 0.371. The normalized spacial score (nSPS) is 19.1. The van der Waals surface area contributed by atoms with Crippen LogP contribution in [0.5, 0.6) is 0 Å². The number of amides is 2. The van der Waals surface area contributed by atoms with Crippen LogP contribution in [0.2, 0.25) is 0 Å². The average molecular weight is 287 g/mol. The highest BCUT2D eigenvalue weighted by atomic mass is 19.2. The second-order valence-corrected chi connectivity index (χ2v) is 4.44. The van der Waals surface area contributed by atoms with E-state index in [1.807, 2.05) is 0 Å². The fourth-order valence-corrected chi connectivity index (χ4v) is 1.99. The maximum atomic E-state index is 13.4. The van der Waals surface area contributed by atoms with Crippen molar-refractivity contribution in [3.05, 3.63) is 29.6 Å². The van der Waals surface area contributed by atoms with Gasteiger partial charge in [0, 0.05) is 6.54 Å². The molecule has 1 aliphatic rings. The molecule has 1 heterocycles. The molecule has 0 aromatic heterocycles. The van der Waals surface area contributed by atoms with Crippen molar-refractivity contribution in [3.8, 4) is 0 Å². The standard InChI is InChI=1S/C12H12F3N3O2/c13-7-3-4-8(10(15)9(7)14)17-11(19)6-2-1-5-18(16)12(6)20/h3-4,6H,1-2,5,16H2,(H,17,19)/t6-/m0/s1. The van der Waals surface area contributed by atoms with Gasteiger partial charge in [0.15, 0.2) is 17.5 Å². The molecule has 0 saturated carbocycles. The van der Waals surface area contributed by atoms with Crippen molar-refractivity contribution in [2.45, 2.75) is 12.8 Å². The molecule has 20 heavy (non-hydrogen) atoms. The second-order valence-electron chi connectivity index (χ2n) is 4.44. The third-order valence-corrected chi connectivity index (χ3v) is 3.08. The van der Waals surface area contributed by atoms with Gasteiger partial charge in [0.2, 0.25) is 11.8 Å². The number of benzene rings is 1. The van der Waals surface area contributed by atoms with E-state index >= 15 is 0 Å². The molecule has 1 aliphatic heterocycles. The first-order valence-electron chi connectivity index (χ1n) is 5.92. The van der Waals surface area contributed by atoms with Crippen LogP contribution in [0.15, 0.2) is 12.1 Å². The van der Waals surface area contributed by atoms with Crippen molar-refractivity contribution in [1.29, 1.82) is 0 Å². The van der Waals surface area contributed by atoms with Gasteiger partial charge in [-0.3, -0.25) is 14.6 Å². The molecule has 0 bridgehead atoms. The Morgan fingerprint density at radius 1 is 1.30 bits per heavy atom. The number of rotatable bonds is 2. The molecular formula is C12H12F3N3O2. The molecule has 3 N–H and O–H groups in total. The Bertz CT molecular complexity index is 565. The highest BCUT2D eigenvalue weighted by molar-refractivity contribution is 6.06. The van der Waals surface area contributed by atoms with Gasteiger partial charge >= 0.3 is 0 Å². The smallest absolute Gasteiger partial charge is 0.249 e. The molecule has 0 unspecified atom stereocenters. The predicted octanol–water partition coefficient (Wildman–Crippen LogP) is 1.15. The number of nitrogens with two attached hydrogens (primary N) is 1. The van der Waals surface area contributed by atoms with Crippen molar-refractivity contribution in [2.24, 2.45) is 11.8 Å². The monoisotopic (exact) mass is 287 g/mol. The lowest BCUT2D eigenvalue weighted by molar-refractivity contribution is -0.143. The molecule has 8 heteroatoms. The van der Waals surface area contributed by atoms with Crippen LogP contribution in [0, 0.1) is 23.4 Å². The Kier molecular flexibility index (Phi) is 3.93. The largest absolute Gasteiger partial charge is 0.323 e. The van der Waals surface area contributed by atoms with Gasteiger partial charge in [-0.1, -0.05) is 0 Å². The second kappa shape index (κ2) is 5.49. The van der Waals surface area contributed by atoms with Crippen LogP contribution in [0.1, 0.15) is 12.8 Å². The average Bonchev–Trinajstić information content (AvgIpc) is 2.42. The number of piperidine rings is 1. The van der Waals surface area contributed by atoms with E-state index in [0.717, 1.165) is 11.1 Å². The summed E-state index contributed by atoms with van der Waals surface area (Å²) in [5.74, 6) is -1.59. The third-order valence-electron chi connectivity index (χ3n) is 3.08. The zero-order valence-electron chi connectivity index (χ0n) is 10.3. The summed E-state index contributed by atoms with van der Waals surface area (Å²) in [6.07, 6.45) is 0.796. The number of nitrogens with zero attached hydrogens (tertiary/aromatic N) is 1. The molecule has 1 atom stereocenters. The van der Waals surface area contributed by atoms with Crippen molar-refractivity contribution in [3.63, 3.8) is 0 Å². The lowest BCUT2D eigenvalue weighted by Crippen LogP contribution is -2.49. The molecule has 0 aliphatic carbocycles. The van der Waals surface area contributed by atoms with E-state index < -0.39 is 40.9 Å². The minimum atomic E-state index is -1.68. The van der Waals surface area contributed by atoms with E-state index in [2.05, 4.69) is 5.32 Å². The zero-order valence-corrected chi connectivity index (χ0v) is 10.3. The molecule has 5 nitrogen and oxygen atoms in total. The number of hydrogen-bond acceptors (Lipinski definition) is 3. The van der Waals surface area contributed by atoms with Crippen molar-refractivity contribution in [2.75, 3.05) is 11.9 Å². The molecule has 1 aromatic carbocycles. The number of anilines is 1. The Morgan fingerprint density at radius 3 is 2.70 bits per heavy atom. The summed E-state index contributed by atoms with van der Waals surface area (Å²) < 4.78 is 39.2. The van der Waals surface area contributed by atoms with Crippen molar-refractivity contribution < 1.29 is 22.8 Å². The van der Waals surface area contributed by atoms with Crippen molar-refractivity contribution in [1.82, 2.24) is 5.01 Å². The zero-order chi connectivity index (χ0) is 14.9. The lowest BCUT2D eigenvalue weighted by Gasteiger charge is -2.27. The molecule has 108 valence electrons. The fraction of sp³-hybridized carbons (Fsp3) is 0.333. The van der Waals surface area contributed by atoms with E-state index in [9.17, 15) is 22.8 Å². The third kappa shape index (κ3) is 2.60. The highest BCUT2D eigenvalue weighted by Crippen LogP contribution is 2.22. The number of carbonyl (C=O) groups excluding carboxylic acids is 2. The molecule has 0 spiro atoms. The van der Waals surface area contributed by atoms with Crippen LogP contribution in [0.25, 0.3) is 0 Å². The summed E-state index contributed by atoms with van der Waals surface area (Å²) in [4.78, 5) is 23.6. The number of halogens is 3. The van der Waals surface area contributed by atoms with Crippen molar-refractivity contribution >= 4 is 17.5 Å². The first kappa shape index (κ1) is 14.3. The first-order valence-corrected chi connectivity index (χ1v) is 5.92. The molecular weight excluding hydrogens is 275 g/mol. The maximum absolute atomic E-state index is 13.4. The van der Waals surface area contributed by atoms with Crippen LogP contribution in [-0.4, -0.2) is 23.4 Å². The highest BCUT2D eigenvalue weighted by Gasteiger charge is 2.33. The number of nitrogens with one attached hydrogen (secondary N) is 1. The minimum Gasteiger partial charge on any atom is -0.323 e. The molecule has 2 rings (SSSR count). The van der Waals surface area contributed by atoms with E-state index in [1.54, 1.807) is 0 Å². The molecule has 1 fully saturated rings. The van der Waals surface area contributed by atoms with Crippen LogP contribution < -0.4 is 11.2 Å². The summed E-state index contributed by atoms with van der Waals surface area (Å²) in [5, 5.41) is 2.99. The van der Waals surface area contributed by atoms with E-state index in [0.29, 0.717) is 19.0 Å². The fourth-order valence-electron chi connectivity index (χ4n) is 1.99. The SMILES string of the molecule is NN1CCC[C@@H](C(=O)Nc2ccc(F)c(F)c2F)C1=O. The number of hydrogen-bond donors (Lipinski definition) is 2. The van der Waals surface area contributed by atoms with Gasteiger partial charge in [0.1, 0.15) is 5.92 Å². The summed E-state index contributed by atoms with van der Waals surface area (Å²) in [7, 11) is 0. The molecule has 0 radical (unpaired) electrons. The van der Waals surface area contributed by atoms with Crippen LogP contribution in [0.4, 0.5) is 18.9 Å². The lowest BCUT2D eigenvalue weighted by atomic mass is 9.97. The first-order chi connectivity index (χ1) is 9.41. The Morgan fingerprint density at radius 2 is 2.00 bits per heavy atom. The number of hydrazine groups is 1. The summed E-state index contributed by atoms with van der Waals surface area (Å²) in [6.45, 7) is 0.335. The van der Waals surface area contributed by atoms with E-state index in [1.165, 1.54) is 0 Å². The van der Waals surface area contributed by atoms with Gasteiger partial charge in [-0.05, 0) is 25.0 Å². The Labute approximate surface area is 112 Å². The summed E-state index contributed by atoms with van der Waals surface area (Å²) >= 11 is 0. The van der Waals surface area contributed by atoms with Gasteiger partial charge in [0.05, 0.1) is 5.69 Å². The Hall–Kier alpha value is -2.09. The van der Waals surface area contributed by atoms with Gasteiger partial charge in [-0.15, -0.1) is 0 Å². The molecule has 1 aromatic rings. The Balaban J connectivity index is 2.16. The number of carbonyl (C=O) groups is 2. The van der Waals surface area contributed by atoms with Crippen LogP contribution in [-0.2, 0) is 9.59 Å². The topological polar surface area (TPSA) is 75.4 Å². The van der Waals surface area contributed by atoms with Gasteiger partial charge < -0.3 is 5.32 Å². The van der Waals surface area contributed by atoms with Gasteiger partial charge in [-0.25, -0.2) is 19.0 Å². The predicted molar refractivity (Wildman–Crippen MR) is 63.6 cm³/mol. The maximum Gasteiger partial charge on any atom is 0.249 e. The van der Waals surface area contributed by atoms with Crippen LogP contribution in [0.3, 0.4) is 0 Å². The van der Waals surface area contributed by atoms with Gasteiger partial charge in [-0.2, -0.15) is 0 Å². The minimum absolute atomic E-state index is 0.268. The molecule has 2 amide bonds. The van der Waals surface area contributed by atoms with Gasteiger partial charge in [0.25, 0.3) is 0 Å². The summed E-state index contributed by atoms with van der Waals surface area (Å²) in [6, 6.07) is 1.57. The van der Waals surface area contributed by atoms with E-state index in [-0.39, 0.29) is 6.42 Å². The van der Waals surface area contributed by atoms with E-state index in [4.69, 9.17) is 5.84 Å².